The standard InChI is InChI=1S/C19H19N5O3/c25-18(22-23-19(26)16-7-4-8-27-16)15-9-14-11-21-24(17(14)20-10-15)12-13-5-2-1-3-6-13/h1-3,5-6,9-11,16H,4,7-8,12H2,(H,22,25)(H,23,26). The van der Waals surface area contributed by atoms with Gasteiger partial charge in [0.05, 0.1) is 18.3 Å². The summed E-state index contributed by atoms with van der Waals surface area (Å²) >= 11 is 0. The van der Waals surface area contributed by atoms with Crippen LogP contribution in [-0.4, -0.2) is 39.3 Å². The highest BCUT2D eigenvalue weighted by Crippen LogP contribution is 2.15. The number of fused-ring (bicyclic) bond motifs is 1. The molecule has 1 aliphatic heterocycles. The lowest BCUT2D eigenvalue weighted by Gasteiger charge is -2.11. The quantitative estimate of drug-likeness (QED) is 0.682. The number of amides is 2. The number of pyridine rings is 1. The highest BCUT2D eigenvalue weighted by molar-refractivity contribution is 5.98. The van der Waals surface area contributed by atoms with E-state index in [2.05, 4.69) is 20.9 Å². The molecule has 27 heavy (non-hydrogen) atoms. The van der Waals surface area contributed by atoms with Gasteiger partial charge in [0.2, 0.25) is 0 Å². The monoisotopic (exact) mass is 365 g/mol. The second kappa shape index (κ2) is 7.55. The molecule has 1 fully saturated rings. The first-order valence-electron chi connectivity index (χ1n) is 8.78. The van der Waals surface area contributed by atoms with Crippen LogP contribution < -0.4 is 10.9 Å². The molecule has 3 heterocycles. The molecule has 1 unspecified atom stereocenters. The number of nitrogens with one attached hydrogen (secondary N) is 2. The summed E-state index contributed by atoms with van der Waals surface area (Å²) in [5, 5.41) is 5.11. The number of aromatic nitrogens is 3. The Hall–Kier alpha value is -3.26. The van der Waals surface area contributed by atoms with Crippen molar-refractivity contribution >= 4 is 22.8 Å². The minimum absolute atomic E-state index is 0.342. The third-order valence-electron chi connectivity index (χ3n) is 4.43. The van der Waals surface area contributed by atoms with Crippen LogP contribution in [0.3, 0.4) is 0 Å². The molecule has 0 radical (unpaired) electrons. The highest BCUT2D eigenvalue weighted by atomic mass is 16.5. The Kier molecular flexibility index (Phi) is 4.80. The molecule has 2 amide bonds. The number of carbonyl (C=O) groups excluding carboxylic acids is 2. The Morgan fingerprint density at radius 3 is 2.81 bits per heavy atom. The van der Waals surface area contributed by atoms with Crippen molar-refractivity contribution in [3.05, 3.63) is 59.9 Å². The van der Waals surface area contributed by atoms with Crippen molar-refractivity contribution < 1.29 is 14.3 Å². The molecule has 4 rings (SSSR count). The summed E-state index contributed by atoms with van der Waals surface area (Å²) in [6.45, 7) is 1.17. The zero-order valence-corrected chi connectivity index (χ0v) is 14.6. The SMILES string of the molecule is O=C(NNC(=O)C1CCCO1)c1cnc2c(cnn2Cc2ccccc2)c1. The Bertz CT molecular complexity index is 964. The Balaban J connectivity index is 1.44. The highest BCUT2D eigenvalue weighted by Gasteiger charge is 2.24. The van der Waals surface area contributed by atoms with E-state index in [9.17, 15) is 9.59 Å². The van der Waals surface area contributed by atoms with Crippen LogP contribution in [0.15, 0.2) is 48.8 Å². The Morgan fingerprint density at radius 1 is 1.19 bits per heavy atom. The van der Waals surface area contributed by atoms with E-state index in [1.165, 1.54) is 6.20 Å². The van der Waals surface area contributed by atoms with Crippen molar-refractivity contribution in [2.45, 2.75) is 25.5 Å². The number of hydrogen-bond donors (Lipinski definition) is 2. The van der Waals surface area contributed by atoms with Gasteiger partial charge in [-0.3, -0.25) is 20.4 Å². The van der Waals surface area contributed by atoms with Crippen LogP contribution in [0.1, 0.15) is 28.8 Å². The largest absolute Gasteiger partial charge is 0.368 e. The van der Waals surface area contributed by atoms with Gasteiger partial charge in [-0.25, -0.2) is 9.67 Å². The lowest BCUT2D eigenvalue weighted by molar-refractivity contribution is -0.130. The van der Waals surface area contributed by atoms with Gasteiger partial charge in [0.1, 0.15) is 6.10 Å². The van der Waals surface area contributed by atoms with Gasteiger partial charge >= 0.3 is 0 Å². The van der Waals surface area contributed by atoms with Crippen LogP contribution >= 0.6 is 0 Å². The number of hydrogen-bond acceptors (Lipinski definition) is 5. The molecule has 0 bridgehead atoms. The number of carbonyl (C=O) groups is 2. The number of nitrogens with zero attached hydrogens (tertiary/aromatic N) is 3. The summed E-state index contributed by atoms with van der Waals surface area (Å²) in [5.74, 6) is -0.780. The summed E-state index contributed by atoms with van der Waals surface area (Å²) in [6.07, 6.45) is 4.16. The lowest BCUT2D eigenvalue weighted by Crippen LogP contribution is -2.46. The van der Waals surface area contributed by atoms with E-state index in [1.807, 2.05) is 30.3 Å². The van der Waals surface area contributed by atoms with Crippen molar-refractivity contribution in [3.63, 3.8) is 0 Å². The summed E-state index contributed by atoms with van der Waals surface area (Å²) < 4.78 is 7.06. The van der Waals surface area contributed by atoms with Gasteiger partial charge in [-0.1, -0.05) is 30.3 Å². The van der Waals surface area contributed by atoms with E-state index >= 15 is 0 Å². The predicted molar refractivity (Wildman–Crippen MR) is 97.7 cm³/mol. The van der Waals surface area contributed by atoms with Crippen LogP contribution in [-0.2, 0) is 16.1 Å². The molecule has 2 aromatic heterocycles. The van der Waals surface area contributed by atoms with E-state index in [0.717, 1.165) is 17.4 Å². The fourth-order valence-corrected chi connectivity index (χ4v) is 3.02. The molecule has 0 aliphatic carbocycles. The molecule has 3 aromatic rings. The van der Waals surface area contributed by atoms with Gasteiger partial charge in [0, 0.05) is 18.2 Å². The van der Waals surface area contributed by atoms with Gasteiger partial charge in [-0.05, 0) is 24.5 Å². The minimum atomic E-state index is -0.498. The zero-order chi connectivity index (χ0) is 18.6. The molecular formula is C19H19N5O3. The van der Waals surface area contributed by atoms with Crippen LogP contribution in [0.4, 0.5) is 0 Å². The molecule has 8 heteroatoms. The summed E-state index contributed by atoms with van der Waals surface area (Å²) in [5.41, 5.74) is 6.95. The fraction of sp³-hybridized carbons (Fsp3) is 0.263. The maximum Gasteiger partial charge on any atom is 0.271 e. The van der Waals surface area contributed by atoms with Crippen LogP contribution in [0.2, 0.25) is 0 Å². The van der Waals surface area contributed by atoms with Crippen LogP contribution in [0.5, 0.6) is 0 Å². The number of hydrazine groups is 1. The van der Waals surface area contributed by atoms with Crippen molar-refractivity contribution in [3.8, 4) is 0 Å². The smallest absolute Gasteiger partial charge is 0.271 e. The number of benzene rings is 1. The normalized spacial score (nSPS) is 16.4. The summed E-state index contributed by atoms with van der Waals surface area (Å²) in [7, 11) is 0. The first-order chi connectivity index (χ1) is 13.2. The zero-order valence-electron chi connectivity index (χ0n) is 14.6. The van der Waals surface area contributed by atoms with E-state index in [-0.39, 0.29) is 5.91 Å². The van der Waals surface area contributed by atoms with Crippen LogP contribution in [0.25, 0.3) is 11.0 Å². The third-order valence-corrected chi connectivity index (χ3v) is 4.43. The van der Waals surface area contributed by atoms with Gasteiger partial charge in [0.25, 0.3) is 11.8 Å². The molecule has 138 valence electrons. The second-order valence-electron chi connectivity index (χ2n) is 6.37. The third kappa shape index (κ3) is 3.80. The first-order valence-corrected chi connectivity index (χ1v) is 8.78. The Morgan fingerprint density at radius 2 is 2.04 bits per heavy atom. The van der Waals surface area contributed by atoms with E-state index < -0.39 is 12.0 Å². The van der Waals surface area contributed by atoms with Gasteiger partial charge in [-0.15, -0.1) is 0 Å². The molecule has 0 saturated carbocycles. The summed E-state index contributed by atoms with van der Waals surface area (Å²) in [6, 6.07) is 11.7. The number of rotatable bonds is 4. The Labute approximate surface area is 155 Å². The van der Waals surface area contributed by atoms with E-state index in [4.69, 9.17) is 4.74 Å². The van der Waals surface area contributed by atoms with Crippen molar-refractivity contribution in [1.29, 1.82) is 0 Å². The molecule has 2 N–H and O–H groups in total. The molecule has 1 aromatic carbocycles. The van der Waals surface area contributed by atoms with Crippen LogP contribution in [0, 0.1) is 0 Å². The maximum absolute atomic E-state index is 12.3. The molecule has 1 saturated heterocycles. The van der Waals surface area contributed by atoms with E-state index in [1.54, 1.807) is 16.9 Å². The minimum Gasteiger partial charge on any atom is -0.368 e. The molecule has 8 nitrogen and oxygen atoms in total. The second-order valence-corrected chi connectivity index (χ2v) is 6.37. The molecule has 1 aliphatic rings. The van der Waals surface area contributed by atoms with Gasteiger partial charge in [-0.2, -0.15) is 5.10 Å². The molecular weight excluding hydrogens is 346 g/mol. The van der Waals surface area contributed by atoms with Crippen molar-refractivity contribution in [2.75, 3.05) is 6.61 Å². The van der Waals surface area contributed by atoms with Crippen molar-refractivity contribution in [2.24, 2.45) is 0 Å². The first kappa shape index (κ1) is 17.2. The average Bonchev–Trinajstić information content (AvgIpc) is 3.37. The van der Waals surface area contributed by atoms with E-state index in [0.29, 0.717) is 30.8 Å². The molecule has 1 atom stereocenters. The number of ether oxygens (including phenoxy) is 1. The van der Waals surface area contributed by atoms with Crippen molar-refractivity contribution in [1.82, 2.24) is 25.6 Å². The fourth-order valence-electron chi connectivity index (χ4n) is 3.02. The summed E-state index contributed by atoms with van der Waals surface area (Å²) in [4.78, 5) is 28.5. The lowest BCUT2D eigenvalue weighted by atomic mass is 10.2. The van der Waals surface area contributed by atoms with Gasteiger partial charge < -0.3 is 4.74 Å². The average molecular weight is 365 g/mol. The maximum atomic E-state index is 12.3. The topological polar surface area (TPSA) is 98.1 Å². The van der Waals surface area contributed by atoms with Gasteiger partial charge in [0.15, 0.2) is 5.65 Å². The predicted octanol–water partition coefficient (Wildman–Crippen LogP) is 1.42. The molecule has 0 spiro atoms.